The van der Waals surface area contributed by atoms with Crippen LogP contribution in [0.5, 0.6) is 5.75 Å². The first-order valence-corrected chi connectivity index (χ1v) is 6.56. The first-order chi connectivity index (χ1) is 8.63. The summed E-state index contributed by atoms with van der Waals surface area (Å²) in [5.74, 6) is 1.36. The highest BCUT2D eigenvalue weighted by molar-refractivity contribution is 5.31. The van der Waals surface area contributed by atoms with Crippen LogP contribution < -0.4 is 10.1 Å². The van der Waals surface area contributed by atoms with Gasteiger partial charge in [0.25, 0.3) is 0 Å². The summed E-state index contributed by atoms with van der Waals surface area (Å²) < 4.78 is 11.2. The van der Waals surface area contributed by atoms with Gasteiger partial charge >= 0.3 is 0 Å². The predicted molar refractivity (Wildman–Crippen MR) is 75.0 cm³/mol. The van der Waals surface area contributed by atoms with Crippen LogP contribution in [0, 0.1) is 5.92 Å². The molecule has 18 heavy (non-hydrogen) atoms. The Morgan fingerprint density at radius 3 is 2.50 bits per heavy atom. The molecule has 1 aromatic carbocycles. The summed E-state index contributed by atoms with van der Waals surface area (Å²) in [6.45, 7) is 7.02. The predicted octanol–water partition coefficient (Wildman–Crippen LogP) is 3.02. The lowest BCUT2D eigenvalue weighted by Crippen LogP contribution is -2.34. The number of hydrogen-bond donors (Lipinski definition) is 1. The van der Waals surface area contributed by atoms with Gasteiger partial charge in [0, 0.05) is 7.11 Å². The van der Waals surface area contributed by atoms with E-state index in [1.165, 1.54) is 5.56 Å². The Morgan fingerprint density at radius 1 is 1.28 bits per heavy atom. The van der Waals surface area contributed by atoms with Gasteiger partial charge in [-0.2, -0.15) is 0 Å². The lowest BCUT2D eigenvalue weighted by atomic mass is 9.93. The largest absolute Gasteiger partial charge is 0.494 e. The zero-order valence-electron chi connectivity index (χ0n) is 12.1. The third-order valence-electron chi connectivity index (χ3n) is 3.10. The van der Waals surface area contributed by atoms with E-state index in [0.29, 0.717) is 12.5 Å². The first kappa shape index (κ1) is 15.0. The summed E-state index contributed by atoms with van der Waals surface area (Å²) >= 11 is 0. The maximum Gasteiger partial charge on any atom is 0.119 e. The van der Waals surface area contributed by atoms with Crippen molar-refractivity contribution >= 4 is 0 Å². The molecule has 3 nitrogen and oxygen atoms in total. The molecule has 2 unspecified atom stereocenters. The molecule has 0 spiro atoms. The molecule has 0 heterocycles. The minimum Gasteiger partial charge on any atom is -0.494 e. The standard InChI is InChI=1S/C15H25NO2/c1-6-18-13-9-7-8-12(10-13)14(16-4)15(17-5)11(2)3/h7-11,14-16H,6H2,1-5H3. The van der Waals surface area contributed by atoms with Crippen molar-refractivity contribution in [3.8, 4) is 5.75 Å². The molecule has 0 radical (unpaired) electrons. The SMILES string of the molecule is CCOc1cccc(C(NC)C(OC)C(C)C)c1. The summed E-state index contributed by atoms with van der Waals surface area (Å²) in [7, 11) is 3.73. The monoisotopic (exact) mass is 251 g/mol. The average molecular weight is 251 g/mol. The average Bonchev–Trinajstić information content (AvgIpc) is 2.36. The van der Waals surface area contributed by atoms with E-state index in [4.69, 9.17) is 9.47 Å². The summed E-state index contributed by atoms with van der Waals surface area (Å²) in [5, 5.41) is 3.34. The van der Waals surface area contributed by atoms with Crippen molar-refractivity contribution in [3.63, 3.8) is 0 Å². The summed E-state index contributed by atoms with van der Waals surface area (Å²) in [6.07, 6.45) is 0.145. The molecule has 0 amide bonds. The number of ether oxygens (including phenoxy) is 2. The number of benzene rings is 1. The maximum absolute atomic E-state index is 5.62. The Hall–Kier alpha value is -1.06. The molecule has 0 fully saturated rings. The van der Waals surface area contributed by atoms with Crippen LogP contribution in [0.2, 0.25) is 0 Å². The van der Waals surface area contributed by atoms with Gasteiger partial charge in [-0.3, -0.25) is 0 Å². The van der Waals surface area contributed by atoms with Gasteiger partial charge in [-0.15, -0.1) is 0 Å². The van der Waals surface area contributed by atoms with Crippen LogP contribution in [0.15, 0.2) is 24.3 Å². The zero-order valence-corrected chi connectivity index (χ0v) is 12.1. The highest BCUT2D eigenvalue weighted by Crippen LogP contribution is 2.26. The third kappa shape index (κ3) is 3.72. The van der Waals surface area contributed by atoms with Crippen LogP contribution in [0.25, 0.3) is 0 Å². The van der Waals surface area contributed by atoms with Crippen LogP contribution in [0.1, 0.15) is 32.4 Å². The normalized spacial score (nSPS) is 14.6. The Kier molecular flexibility index (Phi) is 6.16. The van der Waals surface area contributed by atoms with Crippen molar-refractivity contribution in [3.05, 3.63) is 29.8 Å². The Labute approximate surface area is 110 Å². The lowest BCUT2D eigenvalue weighted by molar-refractivity contribution is 0.0348. The number of methoxy groups -OCH3 is 1. The Bertz CT molecular complexity index is 352. The van der Waals surface area contributed by atoms with E-state index in [0.717, 1.165) is 5.75 Å². The van der Waals surface area contributed by atoms with Crippen molar-refractivity contribution in [2.45, 2.75) is 32.9 Å². The number of nitrogens with one attached hydrogen (secondary N) is 1. The molecule has 0 aromatic heterocycles. The molecule has 0 aliphatic heterocycles. The molecular weight excluding hydrogens is 226 g/mol. The molecule has 0 aliphatic rings. The highest BCUT2D eigenvalue weighted by atomic mass is 16.5. The van der Waals surface area contributed by atoms with E-state index in [1.54, 1.807) is 7.11 Å². The molecule has 0 saturated heterocycles. The second-order valence-corrected chi connectivity index (χ2v) is 4.72. The van der Waals surface area contributed by atoms with Gasteiger partial charge in [0.05, 0.1) is 18.8 Å². The summed E-state index contributed by atoms with van der Waals surface area (Å²) in [4.78, 5) is 0. The van der Waals surface area contributed by atoms with Gasteiger partial charge in [0.1, 0.15) is 5.75 Å². The zero-order chi connectivity index (χ0) is 13.5. The van der Waals surface area contributed by atoms with Gasteiger partial charge < -0.3 is 14.8 Å². The second kappa shape index (κ2) is 7.39. The molecule has 0 saturated carbocycles. The first-order valence-electron chi connectivity index (χ1n) is 6.56. The van der Waals surface area contributed by atoms with E-state index in [-0.39, 0.29) is 12.1 Å². The van der Waals surface area contributed by atoms with Crippen LogP contribution in [0.3, 0.4) is 0 Å². The minimum absolute atomic E-state index is 0.145. The summed E-state index contributed by atoms with van der Waals surface area (Å²) in [6, 6.07) is 8.38. The van der Waals surface area contributed by atoms with E-state index < -0.39 is 0 Å². The Morgan fingerprint density at radius 2 is 2.00 bits per heavy atom. The fourth-order valence-corrected chi connectivity index (χ4v) is 2.28. The summed E-state index contributed by atoms with van der Waals surface area (Å²) in [5.41, 5.74) is 1.20. The maximum atomic E-state index is 5.62. The fraction of sp³-hybridized carbons (Fsp3) is 0.600. The smallest absolute Gasteiger partial charge is 0.119 e. The van der Waals surface area contributed by atoms with Crippen LogP contribution in [0.4, 0.5) is 0 Å². The molecule has 1 aromatic rings. The van der Waals surface area contributed by atoms with E-state index >= 15 is 0 Å². The molecule has 0 bridgehead atoms. The number of hydrogen-bond acceptors (Lipinski definition) is 3. The van der Waals surface area contributed by atoms with Crippen molar-refractivity contribution in [2.75, 3.05) is 20.8 Å². The van der Waals surface area contributed by atoms with Crippen LogP contribution in [-0.4, -0.2) is 26.9 Å². The molecule has 2 atom stereocenters. The third-order valence-corrected chi connectivity index (χ3v) is 3.10. The number of rotatable bonds is 7. The minimum atomic E-state index is 0.145. The molecule has 102 valence electrons. The van der Waals surface area contributed by atoms with Gasteiger partial charge in [0.2, 0.25) is 0 Å². The molecule has 1 N–H and O–H groups in total. The highest BCUT2D eigenvalue weighted by Gasteiger charge is 2.24. The van der Waals surface area contributed by atoms with Gasteiger partial charge in [-0.25, -0.2) is 0 Å². The molecule has 1 rings (SSSR count). The molecule has 3 heteroatoms. The van der Waals surface area contributed by atoms with Crippen molar-refractivity contribution in [1.29, 1.82) is 0 Å². The molecule has 0 aliphatic carbocycles. The van der Waals surface area contributed by atoms with Gasteiger partial charge in [-0.1, -0.05) is 26.0 Å². The fourth-order valence-electron chi connectivity index (χ4n) is 2.28. The van der Waals surface area contributed by atoms with Crippen LogP contribution in [-0.2, 0) is 4.74 Å². The van der Waals surface area contributed by atoms with Crippen LogP contribution >= 0.6 is 0 Å². The van der Waals surface area contributed by atoms with E-state index in [2.05, 4.69) is 31.3 Å². The van der Waals surface area contributed by atoms with Crippen molar-refractivity contribution in [1.82, 2.24) is 5.32 Å². The quantitative estimate of drug-likeness (QED) is 0.808. The molecular formula is C15H25NO2. The lowest BCUT2D eigenvalue weighted by Gasteiger charge is -2.29. The van der Waals surface area contributed by atoms with E-state index in [1.807, 2.05) is 26.1 Å². The van der Waals surface area contributed by atoms with Crippen molar-refractivity contribution in [2.24, 2.45) is 5.92 Å². The second-order valence-electron chi connectivity index (χ2n) is 4.72. The van der Waals surface area contributed by atoms with Crippen molar-refractivity contribution < 1.29 is 9.47 Å². The van der Waals surface area contributed by atoms with E-state index in [9.17, 15) is 0 Å². The number of likely N-dealkylation sites (N-methyl/N-ethyl adjacent to an activating group) is 1. The topological polar surface area (TPSA) is 30.5 Å². The van der Waals surface area contributed by atoms with Gasteiger partial charge in [0.15, 0.2) is 0 Å². The Balaban J connectivity index is 2.96. The van der Waals surface area contributed by atoms with Gasteiger partial charge in [-0.05, 0) is 37.6 Å².